The van der Waals surface area contributed by atoms with E-state index in [2.05, 4.69) is 0 Å². The average molecular weight is 351 g/mol. The van der Waals surface area contributed by atoms with Crippen LogP contribution in [0.3, 0.4) is 0 Å². The molecule has 0 saturated heterocycles. The second-order valence-corrected chi connectivity index (χ2v) is 6.43. The number of amides is 1. The van der Waals surface area contributed by atoms with E-state index in [9.17, 15) is 24.3 Å². The minimum Gasteiger partial charge on any atom is -0.477 e. The van der Waals surface area contributed by atoms with Crippen molar-refractivity contribution in [3.63, 3.8) is 0 Å². The number of hydrogen-bond acceptors (Lipinski definition) is 3. The Morgan fingerprint density at radius 3 is 2.46 bits per heavy atom. The average Bonchev–Trinajstić information content (AvgIpc) is 2.61. The lowest BCUT2D eigenvalue weighted by Crippen LogP contribution is -2.53. The summed E-state index contributed by atoms with van der Waals surface area (Å²) in [5.41, 5.74) is 2.33. The van der Waals surface area contributed by atoms with Gasteiger partial charge in [-0.3, -0.25) is 0 Å². The van der Waals surface area contributed by atoms with Gasteiger partial charge in [-0.15, -0.1) is 0 Å². The number of carboxylic acid groups (broad SMARTS) is 1. The van der Waals surface area contributed by atoms with Gasteiger partial charge in [0.05, 0.1) is 18.7 Å². The van der Waals surface area contributed by atoms with Crippen LogP contribution in [0, 0.1) is 17.1 Å². The zero-order valence-electron chi connectivity index (χ0n) is 14.3. The van der Waals surface area contributed by atoms with Crippen LogP contribution in [0.1, 0.15) is 23.6 Å². The summed E-state index contributed by atoms with van der Waals surface area (Å²) in [6.07, 6.45) is 0. The highest BCUT2D eigenvalue weighted by Crippen LogP contribution is 2.41. The van der Waals surface area contributed by atoms with Crippen molar-refractivity contribution in [3.05, 3.63) is 70.5 Å². The third kappa shape index (κ3) is 2.68. The number of likely N-dealkylation sites (N-methyl/N-ethyl adjacent to an activating group) is 1. The smallest absolute Gasteiger partial charge is 0.358 e. The predicted molar refractivity (Wildman–Crippen MR) is 94.2 cm³/mol. The number of quaternary nitrogens is 1. The van der Waals surface area contributed by atoms with Gasteiger partial charge in [-0.2, -0.15) is 5.26 Å². The van der Waals surface area contributed by atoms with Gasteiger partial charge < -0.3 is 5.11 Å². The summed E-state index contributed by atoms with van der Waals surface area (Å²) in [5.74, 6) is -2.25. The van der Waals surface area contributed by atoms with Crippen molar-refractivity contribution in [1.82, 2.24) is 4.48 Å². The fourth-order valence-electron chi connectivity index (χ4n) is 3.34. The largest absolute Gasteiger partial charge is 0.477 e. The molecule has 1 N–H and O–H groups in total. The third-order valence-electron chi connectivity index (χ3n) is 4.73. The summed E-state index contributed by atoms with van der Waals surface area (Å²) in [6.45, 7) is 1.73. The minimum atomic E-state index is -1.29. The second kappa shape index (κ2) is 6.21. The number of hydrogen-bond donors (Lipinski definition) is 1. The fraction of sp³-hybridized carbons (Fsp3) is 0.150. The summed E-state index contributed by atoms with van der Waals surface area (Å²) in [6, 6.07) is 12.6. The molecule has 3 rings (SSSR count). The number of carboxylic acids is 1. The van der Waals surface area contributed by atoms with Crippen LogP contribution in [0.2, 0.25) is 0 Å². The highest BCUT2D eigenvalue weighted by molar-refractivity contribution is 6.26. The van der Waals surface area contributed by atoms with Crippen molar-refractivity contribution >= 4 is 23.1 Å². The predicted octanol–water partition coefficient (Wildman–Crippen LogP) is 3.23. The third-order valence-corrected chi connectivity index (χ3v) is 4.73. The minimum absolute atomic E-state index is 0.144. The molecule has 1 atom stereocenters. The van der Waals surface area contributed by atoms with Gasteiger partial charge in [-0.25, -0.2) is 18.5 Å². The first-order chi connectivity index (χ1) is 12.3. The van der Waals surface area contributed by atoms with Gasteiger partial charge in [-0.05, 0) is 36.8 Å². The van der Waals surface area contributed by atoms with E-state index in [-0.39, 0.29) is 16.6 Å². The lowest BCUT2D eigenvalue weighted by Gasteiger charge is -2.36. The Hall–Kier alpha value is -3.30. The monoisotopic (exact) mass is 351 g/mol. The Bertz CT molecular complexity index is 1000. The van der Waals surface area contributed by atoms with Gasteiger partial charge in [0, 0.05) is 17.2 Å². The van der Waals surface area contributed by atoms with E-state index in [4.69, 9.17) is 0 Å². The number of aliphatic carboxylic acids is 1. The lowest BCUT2D eigenvalue weighted by atomic mass is 9.90. The van der Waals surface area contributed by atoms with E-state index >= 15 is 0 Å². The second-order valence-electron chi connectivity index (χ2n) is 6.43. The first-order valence-electron chi connectivity index (χ1n) is 7.92. The maximum Gasteiger partial charge on any atom is 0.358 e. The molecule has 0 saturated carbocycles. The molecule has 0 spiro atoms. The molecule has 26 heavy (non-hydrogen) atoms. The first-order valence-corrected chi connectivity index (χ1v) is 7.92. The Kier molecular flexibility index (Phi) is 4.18. The number of nitriles is 1. The molecule has 0 radical (unpaired) electrons. The maximum atomic E-state index is 13.2. The van der Waals surface area contributed by atoms with Crippen LogP contribution < -0.4 is 4.48 Å². The van der Waals surface area contributed by atoms with Crippen LogP contribution in [0.5, 0.6) is 0 Å². The molecule has 1 heterocycles. The number of allylic oxidation sites excluding steroid dienone is 1. The summed E-state index contributed by atoms with van der Waals surface area (Å²) in [5, 5.41) is 18.8. The lowest BCUT2D eigenvalue weighted by molar-refractivity contribution is -0.137. The molecule has 0 aromatic heterocycles. The van der Waals surface area contributed by atoms with Crippen LogP contribution in [0.4, 0.5) is 10.1 Å². The number of fused-ring (bicyclic) bond motifs is 1. The summed E-state index contributed by atoms with van der Waals surface area (Å²) >= 11 is 0. The molecule has 1 aliphatic rings. The van der Waals surface area contributed by atoms with E-state index in [0.717, 1.165) is 0 Å². The molecular weight excluding hydrogens is 335 g/mol. The number of nitrogens with zero attached hydrogens (tertiary/aromatic N) is 2. The summed E-state index contributed by atoms with van der Waals surface area (Å²) in [4.78, 5) is 24.8. The van der Waals surface area contributed by atoms with Gasteiger partial charge in [0.2, 0.25) is 0 Å². The summed E-state index contributed by atoms with van der Waals surface area (Å²) < 4.78 is 12.9. The van der Waals surface area contributed by atoms with Crippen LogP contribution in [0.25, 0.3) is 5.57 Å². The summed E-state index contributed by atoms with van der Waals surface area (Å²) in [7, 11) is 1.61. The topological polar surface area (TPSA) is 78.2 Å². The molecule has 6 heteroatoms. The number of benzene rings is 2. The molecule has 1 aliphatic heterocycles. The molecule has 2 aromatic carbocycles. The van der Waals surface area contributed by atoms with Crippen LogP contribution in [-0.2, 0) is 16.1 Å². The quantitative estimate of drug-likeness (QED) is 0.680. The van der Waals surface area contributed by atoms with E-state index in [1.807, 2.05) is 6.07 Å². The van der Waals surface area contributed by atoms with E-state index in [0.29, 0.717) is 28.0 Å². The Morgan fingerprint density at radius 1 is 1.23 bits per heavy atom. The highest BCUT2D eigenvalue weighted by atomic mass is 19.1. The fourth-order valence-corrected chi connectivity index (χ4v) is 3.34. The Morgan fingerprint density at radius 2 is 1.88 bits per heavy atom. The van der Waals surface area contributed by atoms with Gasteiger partial charge in [0.25, 0.3) is 0 Å². The standard InChI is InChI=1S/C20H15FN2O3/c1-12-16-8-5-14(10-22)9-17(16)23(2,19(24)18(12)20(25)26)11-13-3-6-15(21)7-4-13/h3-9H,11H2,1-2H3/p+1. The molecule has 1 amide bonds. The normalized spacial score (nSPS) is 19.1. The van der Waals surface area contributed by atoms with E-state index in [1.165, 1.54) is 12.1 Å². The molecule has 0 aliphatic carbocycles. The molecule has 5 nitrogen and oxygen atoms in total. The number of carbonyl (C=O) groups is 2. The van der Waals surface area contributed by atoms with Gasteiger partial charge >= 0.3 is 11.9 Å². The Labute approximate surface area is 149 Å². The number of carbonyl (C=O) groups excluding carboxylic acids is 1. The van der Waals surface area contributed by atoms with Crippen molar-refractivity contribution in [2.75, 3.05) is 7.05 Å². The number of halogens is 1. The van der Waals surface area contributed by atoms with Crippen LogP contribution >= 0.6 is 0 Å². The highest BCUT2D eigenvalue weighted by Gasteiger charge is 2.46. The Balaban J connectivity index is 2.24. The number of rotatable bonds is 3. The van der Waals surface area contributed by atoms with Crippen molar-refractivity contribution in [2.45, 2.75) is 13.5 Å². The van der Waals surface area contributed by atoms with Crippen molar-refractivity contribution in [1.29, 1.82) is 5.26 Å². The maximum absolute atomic E-state index is 13.2. The molecule has 0 fully saturated rings. The zero-order valence-corrected chi connectivity index (χ0v) is 14.3. The van der Waals surface area contributed by atoms with Crippen molar-refractivity contribution < 1.29 is 19.1 Å². The van der Waals surface area contributed by atoms with Crippen molar-refractivity contribution in [3.8, 4) is 6.07 Å². The van der Waals surface area contributed by atoms with Gasteiger partial charge in [0.1, 0.15) is 18.0 Å². The first kappa shape index (κ1) is 17.5. The van der Waals surface area contributed by atoms with E-state index in [1.54, 1.807) is 44.3 Å². The van der Waals surface area contributed by atoms with Crippen LogP contribution in [0.15, 0.2) is 48.0 Å². The zero-order chi connectivity index (χ0) is 19.1. The van der Waals surface area contributed by atoms with Gasteiger partial charge in [0.15, 0.2) is 5.57 Å². The van der Waals surface area contributed by atoms with Gasteiger partial charge in [-0.1, -0.05) is 12.1 Å². The van der Waals surface area contributed by atoms with Crippen molar-refractivity contribution in [2.24, 2.45) is 0 Å². The SMILES string of the molecule is CC1=C(C(=O)O)C(=O)[N+](C)(Cc2ccc(F)cc2)c2cc(C#N)ccc21. The molecular formula is C20H16FN2O3+. The van der Waals surface area contributed by atoms with E-state index < -0.39 is 17.7 Å². The van der Waals surface area contributed by atoms with Crippen LogP contribution in [-0.4, -0.2) is 24.0 Å². The molecule has 0 bridgehead atoms. The molecule has 130 valence electrons. The molecule has 1 unspecified atom stereocenters. The molecule has 2 aromatic rings.